The van der Waals surface area contributed by atoms with Crippen LogP contribution in [0.15, 0.2) is 12.2 Å². The second kappa shape index (κ2) is 3.33. The SMILES string of the molecule is CC(NC1(C(N)=O)CC1)C1CC2C=CC1C2. The fourth-order valence-electron chi connectivity index (χ4n) is 3.53. The molecular formula is C13H20N2O. The van der Waals surface area contributed by atoms with Gasteiger partial charge in [-0.3, -0.25) is 4.79 Å². The normalized spacial score (nSPS) is 39.9. The lowest BCUT2D eigenvalue weighted by atomic mass is 9.87. The van der Waals surface area contributed by atoms with E-state index < -0.39 is 0 Å². The summed E-state index contributed by atoms with van der Waals surface area (Å²) in [6.07, 6.45) is 9.16. The van der Waals surface area contributed by atoms with Crippen LogP contribution < -0.4 is 11.1 Å². The second-order valence-corrected chi connectivity index (χ2v) is 5.82. The first-order valence-electron chi connectivity index (χ1n) is 6.37. The molecule has 3 nitrogen and oxygen atoms in total. The Morgan fingerprint density at radius 2 is 2.19 bits per heavy atom. The quantitative estimate of drug-likeness (QED) is 0.699. The predicted molar refractivity (Wildman–Crippen MR) is 62.6 cm³/mol. The lowest BCUT2D eigenvalue weighted by molar-refractivity contribution is -0.121. The van der Waals surface area contributed by atoms with E-state index in [2.05, 4.69) is 24.4 Å². The zero-order valence-electron chi connectivity index (χ0n) is 9.78. The van der Waals surface area contributed by atoms with Crippen molar-refractivity contribution in [3.05, 3.63) is 12.2 Å². The molecule has 3 aliphatic carbocycles. The summed E-state index contributed by atoms with van der Waals surface area (Å²) < 4.78 is 0. The molecule has 2 saturated carbocycles. The number of rotatable bonds is 4. The van der Waals surface area contributed by atoms with Crippen molar-refractivity contribution >= 4 is 5.91 Å². The van der Waals surface area contributed by atoms with Crippen LogP contribution in [0.25, 0.3) is 0 Å². The molecular weight excluding hydrogens is 200 g/mol. The Hall–Kier alpha value is -0.830. The van der Waals surface area contributed by atoms with E-state index in [1.165, 1.54) is 12.8 Å². The first-order valence-corrected chi connectivity index (χ1v) is 6.37. The molecule has 4 atom stereocenters. The fraction of sp³-hybridized carbons (Fsp3) is 0.769. The van der Waals surface area contributed by atoms with Crippen molar-refractivity contribution in [3.63, 3.8) is 0 Å². The molecule has 0 heterocycles. The molecule has 0 aromatic heterocycles. The van der Waals surface area contributed by atoms with E-state index in [0.29, 0.717) is 12.0 Å². The third-order valence-corrected chi connectivity index (χ3v) is 4.70. The molecule has 1 amide bonds. The van der Waals surface area contributed by atoms with Crippen molar-refractivity contribution < 1.29 is 4.79 Å². The number of amides is 1. The molecule has 4 unspecified atom stereocenters. The molecule has 0 aromatic rings. The maximum absolute atomic E-state index is 11.3. The van der Waals surface area contributed by atoms with Gasteiger partial charge in [0.25, 0.3) is 0 Å². The second-order valence-electron chi connectivity index (χ2n) is 5.82. The number of hydrogen-bond donors (Lipinski definition) is 2. The molecule has 0 saturated heterocycles. The summed E-state index contributed by atoms with van der Waals surface area (Å²) in [6, 6.07) is 0.412. The van der Waals surface area contributed by atoms with Crippen LogP contribution in [-0.2, 0) is 4.79 Å². The van der Waals surface area contributed by atoms with Gasteiger partial charge in [0, 0.05) is 6.04 Å². The van der Waals surface area contributed by atoms with Gasteiger partial charge < -0.3 is 11.1 Å². The molecule has 2 fully saturated rings. The van der Waals surface area contributed by atoms with Gasteiger partial charge in [-0.1, -0.05) is 12.2 Å². The molecule has 16 heavy (non-hydrogen) atoms. The zero-order valence-corrected chi connectivity index (χ0v) is 9.78. The van der Waals surface area contributed by atoms with Gasteiger partial charge in [-0.25, -0.2) is 0 Å². The van der Waals surface area contributed by atoms with Crippen molar-refractivity contribution in [2.75, 3.05) is 0 Å². The number of primary amides is 1. The number of allylic oxidation sites excluding steroid dienone is 2. The summed E-state index contributed by atoms with van der Waals surface area (Å²) in [6.45, 7) is 2.21. The number of carbonyl (C=O) groups excluding carboxylic acids is 1. The molecule has 2 bridgehead atoms. The first-order chi connectivity index (χ1) is 7.61. The Morgan fingerprint density at radius 1 is 1.44 bits per heavy atom. The fourth-order valence-corrected chi connectivity index (χ4v) is 3.53. The Labute approximate surface area is 96.5 Å². The van der Waals surface area contributed by atoms with E-state index in [0.717, 1.165) is 24.7 Å². The molecule has 3 aliphatic rings. The van der Waals surface area contributed by atoms with Crippen LogP contribution in [0, 0.1) is 17.8 Å². The Bertz CT molecular complexity index is 346. The highest BCUT2D eigenvalue weighted by molar-refractivity contribution is 5.87. The number of nitrogens with one attached hydrogen (secondary N) is 1. The maximum Gasteiger partial charge on any atom is 0.237 e. The molecule has 0 radical (unpaired) electrons. The minimum atomic E-state index is -0.356. The predicted octanol–water partition coefficient (Wildman–Crippen LogP) is 1.19. The van der Waals surface area contributed by atoms with E-state index in [4.69, 9.17) is 5.73 Å². The van der Waals surface area contributed by atoms with E-state index in [9.17, 15) is 4.79 Å². The molecule has 0 aliphatic heterocycles. The minimum Gasteiger partial charge on any atom is -0.368 e. The summed E-state index contributed by atoms with van der Waals surface area (Å²) in [5, 5.41) is 3.49. The van der Waals surface area contributed by atoms with Gasteiger partial charge in [-0.15, -0.1) is 0 Å². The lowest BCUT2D eigenvalue weighted by Crippen LogP contribution is -2.50. The summed E-state index contributed by atoms with van der Waals surface area (Å²) in [7, 11) is 0. The van der Waals surface area contributed by atoms with Crippen molar-refractivity contribution in [2.45, 2.75) is 44.2 Å². The summed E-state index contributed by atoms with van der Waals surface area (Å²) in [4.78, 5) is 11.3. The Kier molecular flexibility index (Phi) is 2.15. The Balaban J connectivity index is 1.64. The number of hydrogen-bond acceptors (Lipinski definition) is 2. The van der Waals surface area contributed by atoms with E-state index in [-0.39, 0.29) is 11.4 Å². The Morgan fingerprint density at radius 3 is 2.62 bits per heavy atom. The average molecular weight is 220 g/mol. The molecule has 3 rings (SSSR count). The first kappa shape index (κ1) is 10.3. The van der Waals surface area contributed by atoms with Gasteiger partial charge >= 0.3 is 0 Å². The molecule has 3 N–H and O–H groups in total. The topological polar surface area (TPSA) is 55.1 Å². The van der Waals surface area contributed by atoms with Crippen LogP contribution in [0.4, 0.5) is 0 Å². The standard InChI is InChI=1S/C13H20N2O/c1-8(15-13(4-5-13)12(14)16)11-7-9-2-3-10(11)6-9/h2-3,8-11,15H,4-7H2,1H3,(H2,14,16). The summed E-state index contributed by atoms with van der Waals surface area (Å²) >= 11 is 0. The number of fused-ring (bicyclic) bond motifs is 2. The zero-order chi connectivity index (χ0) is 11.3. The third kappa shape index (κ3) is 1.49. The smallest absolute Gasteiger partial charge is 0.237 e. The summed E-state index contributed by atoms with van der Waals surface area (Å²) in [5.74, 6) is 2.06. The molecule has 0 aromatic carbocycles. The van der Waals surface area contributed by atoms with Gasteiger partial charge in [0.15, 0.2) is 0 Å². The van der Waals surface area contributed by atoms with Crippen molar-refractivity contribution in [1.29, 1.82) is 0 Å². The van der Waals surface area contributed by atoms with Crippen molar-refractivity contribution in [3.8, 4) is 0 Å². The van der Waals surface area contributed by atoms with Crippen molar-refractivity contribution in [2.24, 2.45) is 23.5 Å². The summed E-state index contributed by atoms with van der Waals surface area (Å²) in [5.41, 5.74) is 5.08. The highest BCUT2D eigenvalue weighted by atomic mass is 16.1. The number of carbonyl (C=O) groups is 1. The number of nitrogens with two attached hydrogens (primary N) is 1. The van der Waals surface area contributed by atoms with Gasteiger partial charge in [-0.2, -0.15) is 0 Å². The van der Waals surface area contributed by atoms with Crippen LogP contribution in [0.5, 0.6) is 0 Å². The molecule has 0 spiro atoms. The lowest BCUT2D eigenvalue weighted by Gasteiger charge is -2.29. The average Bonchev–Trinajstić information content (AvgIpc) is 2.75. The maximum atomic E-state index is 11.3. The third-order valence-electron chi connectivity index (χ3n) is 4.70. The highest BCUT2D eigenvalue weighted by Gasteiger charge is 2.51. The van der Waals surface area contributed by atoms with Crippen molar-refractivity contribution in [1.82, 2.24) is 5.32 Å². The van der Waals surface area contributed by atoms with Gasteiger partial charge in [-0.05, 0) is 50.4 Å². The largest absolute Gasteiger partial charge is 0.368 e. The van der Waals surface area contributed by atoms with Crippen LogP contribution >= 0.6 is 0 Å². The van der Waals surface area contributed by atoms with E-state index in [1.807, 2.05) is 0 Å². The molecule has 88 valence electrons. The highest BCUT2D eigenvalue weighted by Crippen LogP contribution is 2.46. The van der Waals surface area contributed by atoms with Gasteiger partial charge in [0.2, 0.25) is 5.91 Å². The van der Waals surface area contributed by atoms with E-state index >= 15 is 0 Å². The minimum absolute atomic E-state index is 0.168. The van der Waals surface area contributed by atoms with Crippen LogP contribution in [0.3, 0.4) is 0 Å². The van der Waals surface area contributed by atoms with Crippen LogP contribution in [0.2, 0.25) is 0 Å². The van der Waals surface area contributed by atoms with Gasteiger partial charge in [0.1, 0.15) is 0 Å². The van der Waals surface area contributed by atoms with Gasteiger partial charge in [0.05, 0.1) is 5.54 Å². The monoisotopic (exact) mass is 220 g/mol. The van der Waals surface area contributed by atoms with Crippen LogP contribution in [-0.4, -0.2) is 17.5 Å². The molecule has 3 heteroatoms. The van der Waals surface area contributed by atoms with E-state index in [1.54, 1.807) is 0 Å². The van der Waals surface area contributed by atoms with Crippen LogP contribution in [0.1, 0.15) is 32.6 Å².